The number of aliphatic hydroxyl groups is 1. The third-order valence-electron chi connectivity index (χ3n) is 7.48. The van der Waals surface area contributed by atoms with E-state index < -0.39 is 17.7 Å². The summed E-state index contributed by atoms with van der Waals surface area (Å²) in [5, 5.41) is 18.3. The quantitative estimate of drug-likeness (QED) is 0.367. The molecule has 0 saturated carbocycles. The van der Waals surface area contributed by atoms with Gasteiger partial charge < -0.3 is 28.9 Å². The van der Waals surface area contributed by atoms with Gasteiger partial charge in [-0.15, -0.1) is 0 Å². The van der Waals surface area contributed by atoms with Gasteiger partial charge in [-0.1, -0.05) is 47.6 Å². The van der Waals surface area contributed by atoms with Gasteiger partial charge in [0.1, 0.15) is 18.6 Å². The Morgan fingerprint density at radius 1 is 1.08 bits per heavy atom. The van der Waals surface area contributed by atoms with Crippen molar-refractivity contribution in [1.29, 1.82) is 0 Å². The van der Waals surface area contributed by atoms with Crippen molar-refractivity contribution < 1.29 is 33.2 Å². The molecule has 4 heterocycles. The van der Waals surface area contributed by atoms with E-state index in [1.165, 1.54) is 6.26 Å². The number of esters is 1. The molecule has 0 spiro atoms. The lowest BCUT2D eigenvalue weighted by molar-refractivity contribution is -0.939. The van der Waals surface area contributed by atoms with Gasteiger partial charge in [-0.3, -0.25) is 4.79 Å². The predicted octanol–water partition coefficient (Wildman–Crippen LogP) is 2.71. The van der Waals surface area contributed by atoms with E-state index in [1.807, 2.05) is 6.07 Å². The standard InChI is InChI=1S/C27H29N3O6/c1-34-22-9-7-21(8-10-22)27(33,20-5-3-2-4-6-20)26(32)36-23-17-30(14-11-19(23)12-15-30)18-25(31)28-24-13-16-35-29-24/h2-10,13,16,19,23,33H,11-12,14-15,17-18H2,1H3/p+1/t19?,23?,27-,30?/m1/s1. The average molecular weight is 493 g/mol. The van der Waals surface area contributed by atoms with E-state index >= 15 is 0 Å². The summed E-state index contributed by atoms with van der Waals surface area (Å²) < 4.78 is 16.6. The lowest BCUT2D eigenvalue weighted by atomic mass is 9.82. The number of methoxy groups -OCH3 is 1. The number of ether oxygens (including phenoxy) is 2. The molecule has 1 aromatic heterocycles. The van der Waals surface area contributed by atoms with Gasteiger partial charge in [-0.25, -0.2) is 4.79 Å². The molecule has 9 nitrogen and oxygen atoms in total. The molecule has 0 radical (unpaired) electrons. The Kier molecular flexibility index (Phi) is 6.51. The highest BCUT2D eigenvalue weighted by atomic mass is 16.6. The van der Waals surface area contributed by atoms with Crippen molar-refractivity contribution in [1.82, 2.24) is 5.16 Å². The van der Waals surface area contributed by atoms with Crippen LogP contribution in [0, 0.1) is 5.92 Å². The normalized spacial score (nSPS) is 24.5. The van der Waals surface area contributed by atoms with Gasteiger partial charge in [-0.05, 0) is 23.3 Å². The zero-order chi connectivity index (χ0) is 25.2. The number of carbonyl (C=O) groups excluding carboxylic acids is 2. The first-order valence-electron chi connectivity index (χ1n) is 12.1. The third kappa shape index (κ3) is 4.59. The molecule has 3 aromatic rings. The lowest BCUT2D eigenvalue weighted by Crippen LogP contribution is -2.66. The number of fused-ring (bicyclic) bond motifs is 3. The summed E-state index contributed by atoms with van der Waals surface area (Å²) in [5.74, 6) is 0.315. The number of amides is 1. The zero-order valence-corrected chi connectivity index (χ0v) is 20.1. The van der Waals surface area contributed by atoms with Crippen molar-refractivity contribution in [2.75, 3.05) is 38.6 Å². The Hall–Kier alpha value is -3.69. The molecule has 188 valence electrons. The number of hydrogen-bond donors (Lipinski definition) is 2. The van der Waals surface area contributed by atoms with Crippen LogP contribution in [0.25, 0.3) is 0 Å². The Morgan fingerprint density at radius 3 is 2.42 bits per heavy atom. The molecule has 2 atom stereocenters. The van der Waals surface area contributed by atoms with Gasteiger partial charge in [0.25, 0.3) is 5.91 Å². The SMILES string of the molecule is COc1ccc([C@@](O)(C(=O)OC2C[N+]3(CC(=O)Nc4ccon4)CCC2CC3)c2ccccc2)cc1. The van der Waals surface area contributed by atoms with E-state index in [1.54, 1.807) is 61.7 Å². The molecule has 3 aliphatic rings. The summed E-state index contributed by atoms with van der Waals surface area (Å²) in [6.07, 6.45) is 2.71. The topological polar surface area (TPSA) is 111 Å². The summed E-state index contributed by atoms with van der Waals surface area (Å²) in [7, 11) is 1.56. The van der Waals surface area contributed by atoms with Crippen LogP contribution >= 0.6 is 0 Å². The highest BCUT2D eigenvalue weighted by molar-refractivity contribution is 5.90. The minimum absolute atomic E-state index is 0.159. The van der Waals surface area contributed by atoms with Crippen molar-refractivity contribution >= 4 is 17.7 Å². The van der Waals surface area contributed by atoms with Gasteiger partial charge in [0.15, 0.2) is 18.5 Å². The summed E-state index contributed by atoms with van der Waals surface area (Å²) in [6, 6.07) is 17.2. The number of quaternary nitrogens is 1. The number of piperidine rings is 3. The molecule has 2 N–H and O–H groups in total. The van der Waals surface area contributed by atoms with Crippen LogP contribution in [0.2, 0.25) is 0 Å². The van der Waals surface area contributed by atoms with E-state index in [4.69, 9.17) is 14.0 Å². The maximum absolute atomic E-state index is 13.7. The van der Waals surface area contributed by atoms with Crippen LogP contribution in [0.1, 0.15) is 24.0 Å². The van der Waals surface area contributed by atoms with Crippen LogP contribution in [0.4, 0.5) is 5.82 Å². The number of benzene rings is 2. The van der Waals surface area contributed by atoms with Crippen molar-refractivity contribution in [3.05, 3.63) is 78.1 Å². The van der Waals surface area contributed by atoms with Crippen LogP contribution < -0.4 is 10.1 Å². The van der Waals surface area contributed by atoms with Crippen molar-refractivity contribution in [3.8, 4) is 5.75 Å². The van der Waals surface area contributed by atoms with Crippen molar-refractivity contribution in [2.45, 2.75) is 24.5 Å². The smallest absolute Gasteiger partial charge is 0.348 e. The second-order valence-electron chi connectivity index (χ2n) is 9.65. The maximum atomic E-state index is 13.7. The fourth-order valence-corrected chi connectivity index (χ4v) is 5.48. The second-order valence-corrected chi connectivity index (χ2v) is 9.65. The minimum atomic E-state index is -1.98. The molecule has 2 bridgehead atoms. The first-order chi connectivity index (χ1) is 17.4. The van der Waals surface area contributed by atoms with Crippen LogP contribution in [-0.2, 0) is 19.9 Å². The first kappa shape index (κ1) is 24.0. The number of aromatic nitrogens is 1. The van der Waals surface area contributed by atoms with Crippen molar-refractivity contribution in [2.24, 2.45) is 5.92 Å². The first-order valence-corrected chi connectivity index (χ1v) is 12.1. The summed E-state index contributed by atoms with van der Waals surface area (Å²) >= 11 is 0. The molecule has 9 heteroatoms. The molecule has 0 aliphatic carbocycles. The average Bonchev–Trinajstić information content (AvgIpc) is 3.42. The molecule has 3 fully saturated rings. The Balaban J connectivity index is 1.36. The molecular weight excluding hydrogens is 462 g/mol. The van der Waals surface area contributed by atoms with Gasteiger partial charge in [0, 0.05) is 24.8 Å². The predicted molar refractivity (Wildman–Crippen MR) is 130 cm³/mol. The Morgan fingerprint density at radius 2 is 1.78 bits per heavy atom. The van der Waals surface area contributed by atoms with Gasteiger partial charge in [0.05, 0.1) is 20.2 Å². The zero-order valence-electron chi connectivity index (χ0n) is 20.1. The number of rotatable bonds is 8. The molecule has 6 rings (SSSR count). The molecule has 3 aliphatic heterocycles. The van der Waals surface area contributed by atoms with Gasteiger partial charge in [0.2, 0.25) is 5.60 Å². The summed E-state index contributed by atoms with van der Waals surface area (Å²) in [5.41, 5.74) is -1.15. The maximum Gasteiger partial charge on any atom is 0.348 e. The van der Waals surface area contributed by atoms with E-state index in [9.17, 15) is 14.7 Å². The third-order valence-corrected chi connectivity index (χ3v) is 7.48. The monoisotopic (exact) mass is 492 g/mol. The molecule has 1 amide bonds. The lowest BCUT2D eigenvalue weighted by Gasteiger charge is -2.51. The van der Waals surface area contributed by atoms with Crippen LogP contribution in [0.3, 0.4) is 0 Å². The summed E-state index contributed by atoms with van der Waals surface area (Å²) in [6.45, 7) is 2.46. The highest BCUT2D eigenvalue weighted by Crippen LogP contribution is 2.38. The molecule has 1 unspecified atom stereocenters. The molecule has 3 saturated heterocycles. The minimum Gasteiger partial charge on any atom is -0.497 e. The number of carbonyl (C=O) groups is 2. The van der Waals surface area contributed by atoms with Gasteiger partial charge >= 0.3 is 5.97 Å². The fourth-order valence-electron chi connectivity index (χ4n) is 5.48. The number of nitrogens with one attached hydrogen (secondary N) is 1. The van der Waals surface area contributed by atoms with Crippen LogP contribution in [-0.4, -0.2) is 66.0 Å². The Labute approximate surface area is 209 Å². The van der Waals surface area contributed by atoms with E-state index in [0.717, 1.165) is 25.9 Å². The van der Waals surface area contributed by atoms with E-state index in [-0.39, 0.29) is 18.4 Å². The second kappa shape index (κ2) is 9.75. The fraction of sp³-hybridized carbons (Fsp3) is 0.370. The molecule has 36 heavy (non-hydrogen) atoms. The van der Waals surface area contributed by atoms with Crippen LogP contribution in [0.5, 0.6) is 5.75 Å². The number of nitrogens with zero attached hydrogens (tertiary/aromatic N) is 2. The molecule has 2 aromatic carbocycles. The van der Waals surface area contributed by atoms with Gasteiger partial charge in [-0.2, -0.15) is 0 Å². The van der Waals surface area contributed by atoms with Crippen LogP contribution in [0.15, 0.2) is 71.4 Å². The number of hydrogen-bond acceptors (Lipinski definition) is 7. The Bertz CT molecular complexity index is 1190. The number of anilines is 1. The van der Waals surface area contributed by atoms with E-state index in [0.29, 0.717) is 33.7 Å². The highest BCUT2D eigenvalue weighted by Gasteiger charge is 2.51. The van der Waals surface area contributed by atoms with E-state index in [2.05, 4.69) is 10.5 Å². The van der Waals surface area contributed by atoms with Crippen molar-refractivity contribution in [3.63, 3.8) is 0 Å². The largest absolute Gasteiger partial charge is 0.497 e. The summed E-state index contributed by atoms with van der Waals surface area (Å²) in [4.78, 5) is 26.4. The molecular formula is C27H30N3O6+.